The van der Waals surface area contributed by atoms with E-state index in [1.165, 1.54) is 11.8 Å². The SMILES string of the molecule is Cc1cc(NC(=O)c2cccnc2)nn1Cc1ccccc1. The van der Waals surface area contributed by atoms with Crippen LogP contribution in [0.15, 0.2) is 60.9 Å². The largest absolute Gasteiger partial charge is 0.305 e. The summed E-state index contributed by atoms with van der Waals surface area (Å²) in [5.41, 5.74) is 2.67. The Morgan fingerprint density at radius 1 is 1.18 bits per heavy atom. The Kier molecular flexibility index (Phi) is 3.96. The number of nitrogens with one attached hydrogen (secondary N) is 1. The monoisotopic (exact) mass is 292 g/mol. The first-order valence-electron chi connectivity index (χ1n) is 7.02. The van der Waals surface area contributed by atoms with Crippen molar-refractivity contribution in [2.75, 3.05) is 5.32 Å². The summed E-state index contributed by atoms with van der Waals surface area (Å²) in [5, 5.41) is 7.23. The van der Waals surface area contributed by atoms with Crippen molar-refractivity contribution in [1.82, 2.24) is 14.8 Å². The van der Waals surface area contributed by atoms with E-state index in [-0.39, 0.29) is 5.91 Å². The number of carbonyl (C=O) groups excluding carboxylic acids is 1. The van der Waals surface area contributed by atoms with Crippen molar-refractivity contribution in [3.63, 3.8) is 0 Å². The first kappa shape index (κ1) is 14.0. The maximum Gasteiger partial charge on any atom is 0.258 e. The normalized spacial score (nSPS) is 10.4. The van der Waals surface area contributed by atoms with Crippen molar-refractivity contribution in [3.05, 3.63) is 77.7 Å². The van der Waals surface area contributed by atoms with E-state index >= 15 is 0 Å². The van der Waals surface area contributed by atoms with Gasteiger partial charge in [0.05, 0.1) is 12.1 Å². The van der Waals surface area contributed by atoms with Crippen molar-refractivity contribution in [3.8, 4) is 0 Å². The Morgan fingerprint density at radius 2 is 2.00 bits per heavy atom. The molecule has 1 aromatic carbocycles. The fourth-order valence-corrected chi connectivity index (χ4v) is 2.17. The molecule has 0 spiro atoms. The van der Waals surface area contributed by atoms with Gasteiger partial charge in [0.1, 0.15) is 0 Å². The summed E-state index contributed by atoms with van der Waals surface area (Å²) in [5.74, 6) is 0.333. The van der Waals surface area contributed by atoms with E-state index in [4.69, 9.17) is 0 Å². The van der Waals surface area contributed by atoms with E-state index in [1.54, 1.807) is 18.3 Å². The van der Waals surface area contributed by atoms with Crippen molar-refractivity contribution in [2.24, 2.45) is 0 Å². The average Bonchev–Trinajstić information content (AvgIpc) is 2.88. The van der Waals surface area contributed by atoms with Gasteiger partial charge in [-0.3, -0.25) is 14.5 Å². The fourth-order valence-electron chi connectivity index (χ4n) is 2.17. The zero-order valence-corrected chi connectivity index (χ0v) is 12.2. The van der Waals surface area contributed by atoms with E-state index < -0.39 is 0 Å². The Balaban J connectivity index is 1.74. The van der Waals surface area contributed by atoms with Gasteiger partial charge in [0, 0.05) is 24.2 Å². The van der Waals surface area contributed by atoms with Gasteiger partial charge in [0.15, 0.2) is 5.82 Å². The van der Waals surface area contributed by atoms with Crippen LogP contribution in [-0.4, -0.2) is 20.7 Å². The number of anilines is 1. The van der Waals surface area contributed by atoms with Crippen LogP contribution < -0.4 is 5.32 Å². The van der Waals surface area contributed by atoms with Crippen molar-refractivity contribution in [1.29, 1.82) is 0 Å². The zero-order chi connectivity index (χ0) is 15.4. The molecular formula is C17H16N4O. The van der Waals surface area contributed by atoms with Gasteiger partial charge in [-0.1, -0.05) is 30.3 Å². The molecule has 0 fully saturated rings. The topological polar surface area (TPSA) is 59.8 Å². The van der Waals surface area contributed by atoms with Crippen LogP contribution in [0.3, 0.4) is 0 Å². The van der Waals surface area contributed by atoms with E-state index in [0.29, 0.717) is 17.9 Å². The molecule has 0 aliphatic carbocycles. The Hall–Kier alpha value is -2.95. The predicted molar refractivity (Wildman–Crippen MR) is 84.7 cm³/mol. The first-order chi connectivity index (χ1) is 10.7. The summed E-state index contributed by atoms with van der Waals surface area (Å²) in [7, 11) is 0. The third-order valence-electron chi connectivity index (χ3n) is 3.32. The van der Waals surface area contributed by atoms with Gasteiger partial charge >= 0.3 is 0 Å². The number of amides is 1. The van der Waals surface area contributed by atoms with Crippen molar-refractivity contribution < 1.29 is 4.79 Å². The quantitative estimate of drug-likeness (QED) is 0.804. The summed E-state index contributed by atoms with van der Waals surface area (Å²) < 4.78 is 1.87. The summed E-state index contributed by atoms with van der Waals surface area (Å²) in [6, 6.07) is 15.4. The van der Waals surface area contributed by atoms with Crippen LogP contribution in [0.5, 0.6) is 0 Å². The molecule has 0 atom stereocenters. The third-order valence-corrected chi connectivity index (χ3v) is 3.32. The molecule has 0 unspecified atom stereocenters. The molecule has 3 aromatic rings. The lowest BCUT2D eigenvalue weighted by Gasteiger charge is -2.04. The Morgan fingerprint density at radius 3 is 2.73 bits per heavy atom. The van der Waals surface area contributed by atoms with Crippen LogP contribution >= 0.6 is 0 Å². The molecule has 3 rings (SSSR count). The number of aromatic nitrogens is 3. The average molecular weight is 292 g/mol. The molecule has 0 saturated heterocycles. The van der Waals surface area contributed by atoms with E-state index in [1.807, 2.05) is 35.9 Å². The van der Waals surface area contributed by atoms with Crippen molar-refractivity contribution in [2.45, 2.75) is 13.5 Å². The van der Waals surface area contributed by atoms with Crippen LogP contribution in [0.4, 0.5) is 5.82 Å². The highest BCUT2D eigenvalue weighted by Gasteiger charge is 2.10. The molecule has 5 nitrogen and oxygen atoms in total. The summed E-state index contributed by atoms with van der Waals surface area (Å²) >= 11 is 0. The zero-order valence-electron chi connectivity index (χ0n) is 12.2. The molecule has 1 N–H and O–H groups in total. The van der Waals surface area contributed by atoms with E-state index in [2.05, 4.69) is 27.5 Å². The maximum absolute atomic E-state index is 12.1. The Labute approximate surface area is 128 Å². The second-order valence-electron chi connectivity index (χ2n) is 5.01. The number of hydrogen-bond donors (Lipinski definition) is 1. The molecule has 0 bridgehead atoms. The number of rotatable bonds is 4. The standard InChI is InChI=1S/C17H16N4O/c1-13-10-16(19-17(22)15-8-5-9-18-11-15)20-21(13)12-14-6-3-2-4-7-14/h2-11H,12H2,1H3,(H,19,20,22). The smallest absolute Gasteiger partial charge is 0.258 e. The minimum Gasteiger partial charge on any atom is -0.305 e. The summed E-state index contributed by atoms with van der Waals surface area (Å²) in [6.07, 6.45) is 3.17. The molecular weight excluding hydrogens is 276 g/mol. The molecule has 2 aromatic heterocycles. The van der Waals surface area contributed by atoms with Crippen LogP contribution in [-0.2, 0) is 6.54 Å². The summed E-state index contributed by atoms with van der Waals surface area (Å²) in [4.78, 5) is 16.0. The number of carbonyl (C=O) groups is 1. The van der Waals surface area contributed by atoms with Crippen LogP contribution in [0.25, 0.3) is 0 Å². The summed E-state index contributed by atoms with van der Waals surface area (Å²) in [6.45, 7) is 2.64. The van der Waals surface area contributed by atoms with E-state index in [0.717, 1.165) is 5.69 Å². The molecule has 110 valence electrons. The highest BCUT2D eigenvalue weighted by Crippen LogP contribution is 2.12. The molecule has 2 heterocycles. The van der Waals surface area contributed by atoms with Gasteiger partial charge < -0.3 is 5.32 Å². The molecule has 0 aliphatic heterocycles. The molecule has 1 amide bonds. The lowest BCUT2D eigenvalue weighted by molar-refractivity contribution is 0.102. The number of benzene rings is 1. The minimum absolute atomic E-state index is 0.211. The van der Waals surface area contributed by atoms with Crippen LogP contribution in [0, 0.1) is 6.92 Å². The van der Waals surface area contributed by atoms with Gasteiger partial charge in [-0.25, -0.2) is 0 Å². The second kappa shape index (κ2) is 6.22. The van der Waals surface area contributed by atoms with Gasteiger partial charge in [0.25, 0.3) is 5.91 Å². The predicted octanol–water partition coefficient (Wildman–Crippen LogP) is 2.89. The van der Waals surface area contributed by atoms with Gasteiger partial charge in [-0.05, 0) is 24.6 Å². The second-order valence-corrected chi connectivity index (χ2v) is 5.01. The fraction of sp³-hybridized carbons (Fsp3) is 0.118. The molecule has 22 heavy (non-hydrogen) atoms. The van der Waals surface area contributed by atoms with E-state index in [9.17, 15) is 4.79 Å². The maximum atomic E-state index is 12.1. The first-order valence-corrected chi connectivity index (χ1v) is 7.02. The van der Waals surface area contributed by atoms with Gasteiger partial charge in [0.2, 0.25) is 0 Å². The number of hydrogen-bond acceptors (Lipinski definition) is 3. The van der Waals surface area contributed by atoms with Crippen LogP contribution in [0.2, 0.25) is 0 Å². The lowest BCUT2D eigenvalue weighted by atomic mass is 10.2. The van der Waals surface area contributed by atoms with Crippen molar-refractivity contribution >= 4 is 11.7 Å². The third kappa shape index (κ3) is 3.20. The molecule has 5 heteroatoms. The lowest BCUT2D eigenvalue weighted by Crippen LogP contribution is -2.13. The highest BCUT2D eigenvalue weighted by atomic mass is 16.1. The molecule has 0 saturated carbocycles. The molecule has 0 radical (unpaired) electrons. The van der Waals surface area contributed by atoms with Gasteiger partial charge in [-0.2, -0.15) is 5.10 Å². The number of nitrogens with zero attached hydrogens (tertiary/aromatic N) is 3. The van der Waals surface area contributed by atoms with Gasteiger partial charge in [-0.15, -0.1) is 0 Å². The molecule has 0 aliphatic rings. The minimum atomic E-state index is -0.211. The highest BCUT2D eigenvalue weighted by molar-refractivity contribution is 6.03. The Bertz CT molecular complexity index is 766. The number of aryl methyl sites for hydroxylation is 1. The number of pyridine rings is 1. The van der Waals surface area contributed by atoms with Crippen LogP contribution in [0.1, 0.15) is 21.6 Å².